The molecule has 0 aromatic rings. The first kappa shape index (κ1) is 36.3. The minimum absolute atomic E-state index is 0. The predicted octanol–water partition coefficient (Wildman–Crippen LogP) is 0.738. The molecule has 0 bridgehead atoms. The largest absolute Gasteiger partial charge is 0.397 e. The van der Waals surface area contributed by atoms with Crippen LogP contribution in [0.15, 0.2) is 0 Å². The molecule has 0 unspecified atom stereocenters. The molecule has 209 valence electrons. The van der Waals surface area contributed by atoms with Gasteiger partial charge in [0.15, 0.2) is 0 Å². The van der Waals surface area contributed by atoms with Gasteiger partial charge in [-0.25, -0.2) is 12.5 Å². The van der Waals surface area contributed by atoms with Crippen LogP contribution < -0.4 is 5.32 Å². The standard InChI is InChI=1S/C15H31NO13S4.Au/c17-14(9-7-5-3-1-2-4-6-8-10-30)16-15(11-27-31(18,19)20,12-28-32(21,22)23)13-29-33(24,25)26;/h30H,1-13H2,(H,16,17)(H,18,19,20)(H,21,22,23)(H,24,25,26);. The zero-order valence-electron chi connectivity index (χ0n) is 18.1. The van der Waals surface area contributed by atoms with Gasteiger partial charge in [0.2, 0.25) is 5.91 Å². The number of hydrogen-bond donors (Lipinski definition) is 5. The van der Waals surface area contributed by atoms with Crippen molar-refractivity contribution >= 4 is 49.7 Å². The van der Waals surface area contributed by atoms with Crippen LogP contribution in [0.5, 0.6) is 0 Å². The summed E-state index contributed by atoms with van der Waals surface area (Å²) < 4.78 is 104. The molecule has 0 heterocycles. The Labute approximate surface area is 221 Å². The van der Waals surface area contributed by atoms with Gasteiger partial charge in [0.1, 0.15) is 5.54 Å². The summed E-state index contributed by atoms with van der Waals surface area (Å²) in [6, 6.07) is 0. The third-order valence-corrected chi connectivity index (χ3v) is 5.73. The fraction of sp³-hybridized carbons (Fsp3) is 0.933. The van der Waals surface area contributed by atoms with Crippen LogP contribution in [0, 0.1) is 0 Å². The van der Waals surface area contributed by atoms with E-state index < -0.39 is 62.5 Å². The quantitative estimate of drug-likeness (QED) is 0.0502. The Morgan fingerprint density at radius 1 is 0.676 bits per heavy atom. The van der Waals surface area contributed by atoms with Crippen LogP contribution in [-0.2, 0) is 70.9 Å². The molecule has 14 nitrogen and oxygen atoms in total. The summed E-state index contributed by atoms with van der Waals surface area (Å²) in [6.45, 7) is -3.77. The minimum atomic E-state index is -5.13. The molecule has 0 atom stereocenters. The Kier molecular flexibility index (Phi) is 18.8. The van der Waals surface area contributed by atoms with Gasteiger partial charge in [-0.15, -0.1) is 0 Å². The Morgan fingerprint density at radius 2 is 1.00 bits per heavy atom. The van der Waals surface area contributed by atoms with Crippen LogP contribution in [0.2, 0.25) is 0 Å². The van der Waals surface area contributed by atoms with Crippen molar-refractivity contribution in [1.82, 2.24) is 5.32 Å². The van der Waals surface area contributed by atoms with Crippen molar-refractivity contribution in [2.24, 2.45) is 0 Å². The molecule has 0 fully saturated rings. The third kappa shape index (κ3) is 22.6. The normalized spacial score (nSPS) is 12.8. The molecule has 0 aromatic carbocycles. The summed E-state index contributed by atoms with van der Waals surface area (Å²) in [7, 11) is -15.4. The first-order valence-corrected chi connectivity index (χ1v) is 14.6. The topological polar surface area (TPSA) is 220 Å². The van der Waals surface area contributed by atoms with Crippen LogP contribution in [0.1, 0.15) is 57.8 Å². The summed E-state index contributed by atoms with van der Waals surface area (Å²) >= 11 is 4.13. The van der Waals surface area contributed by atoms with Gasteiger partial charge in [-0.2, -0.15) is 37.9 Å². The maximum atomic E-state index is 12.3. The first-order chi connectivity index (χ1) is 15.1. The van der Waals surface area contributed by atoms with Gasteiger partial charge in [0.25, 0.3) is 0 Å². The van der Waals surface area contributed by atoms with Gasteiger partial charge >= 0.3 is 31.2 Å². The van der Waals surface area contributed by atoms with E-state index in [4.69, 9.17) is 13.7 Å². The smallest absolute Gasteiger partial charge is 0.344 e. The van der Waals surface area contributed by atoms with Crippen LogP contribution in [-0.4, -0.2) is 75.9 Å². The van der Waals surface area contributed by atoms with E-state index in [0.29, 0.717) is 12.8 Å². The maximum Gasteiger partial charge on any atom is 0.397 e. The molecular formula is C15H31AuNO13S4. The number of carbonyl (C=O) groups excluding carboxylic acids is 1. The number of thiol groups is 1. The van der Waals surface area contributed by atoms with Crippen LogP contribution in [0.4, 0.5) is 0 Å². The summed E-state index contributed by atoms with van der Waals surface area (Å²) in [6.07, 6.45) is 7.03. The molecule has 34 heavy (non-hydrogen) atoms. The molecule has 4 N–H and O–H groups in total. The molecule has 19 heteroatoms. The van der Waals surface area contributed by atoms with Crippen molar-refractivity contribution in [1.29, 1.82) is 0 Å². The summed E-state index contributed by atoms with van der Waals surface area (Å²) in [5.41, 5.74) is -2.36. The molecule has 0 rings (SSSR count). The number of unbranched alkanes of at least 4 members (excludes halogenated alkanes) is 7. The number of hydrogen-bond acceptors (Lipinski definition) is 11. The van der Waals surface area contributed by atoms with E-state index >= 15 is 0 Å². The van der Waals surface area contributed by atoms with E-state index in [1.807, 2.05) is 0 Å². The van der Waals surface area contributed by atoms with Gasteiger partial charge in [0, 0.05) is 28.8 Å². The molecule has 0 saturated carbocycles. The van der Waals surface area contributed by atoms with E-state index in [-0.39, 0.29) is 28.8 Å². The van der Waals surface area contributed by atoms with Crippen molar-refractivity contribution in [2.45, 2.75) is 63.3 Å². The van der Waals surface area contributed by atoms with Crippen molar-refractivity contribution < 1.29 is 78.6 Å². The monoisotopic (exact) mass is 758 g/mol. The van der Waals surface area contributed by atoms with Crippen molar-refractivity contribution in [3.63, 3.8) is 0 Å². The van der Waals surface area contributed by atoms with Crippen LogP contribution in [0.3, 0.4) is 0 Å². The maximum absolute atomic E-state index is 12.3. The van der Waals surface area contributed by atoms with E-state index in [2.05, 4.69) is 30.5 Å². The molecule has 0 aliphatic carbocycles. The van der Waals surface area contributed by atoms with Gasteiger partial charge in [-0.05, 0) is 18.6 Å². The summed E-state index contributed by atoms with van der Waals surface area (Å²) in [4.78, 5) is 12.3. The fourth-order valence-electron chi connectivity index (χ4n) is 2.61. The fourth-order valence-corrected chi connectivity index (χ4v) is 3.96. The molecule has 1 radical (unpaired) electrons. The Bertz CT molecular complexity index is 805. The van der Waals surface area contributed by atoms with Gasteiger partial charge < -0.3 is 5.32 Å². The molecule has 0 aromatic heterocycles. The van der Waals surface area contributed by atoms with Crippen molar-refractivity contribution in [3.05, 3.63) is 0 Å². The number of rotatable bonds is 20. The average molecular weight is 759 g/mol. The van der Waals surface area contributed by atoms with E-state index in [1.54, 1.807) is 0 Å². The van der Waals surface area contributed by atoms with Crippen molar-refractivity contribution in [2.75, 3.05) is 25.6 Å². The molecule has 0 aliphatic rings. The van der Waals surface area contributed by atoms with Gasteiger partial charge in [0.05, 0.1) is 19.8 Å². The molecule has 0 saturated heterocycles. The summed E-state index contributed by atoms with van der Waals surface area (Å²) in [5.74, 6) is 0.0526. The molecule has 1 amide bonds. The number of amides is 1. The van der Waals surface area contributed by atoms with Crippen LogP contribution in [0.25, 0.3) is 0 Å². The first-order valence-electron chi connectivity index (χ1n) is 9.85. The second-order valence-electron chi connectivity index (χ2n) is 7.20. The summed E-state index contributed by atoms with van der Waals surface area (Å²) in [5, 5.41) is 2.13. The second-order valence-corrected chi connectivity index (χ2v) is 10.9. The number of carbonyl (C=O) groups is 1. The third-order valence-electron chi connectivity index (χ3n) is 4.17. The zero-order chi connectivity index (χ0) is 25.6. The van der Waals surface area contributed by atoms with Crippen LogP contribution >= 0.6 is 12.6 Å². The SMILES string of the molecule is O=C(CCCCCCCCCCS)NC(COS(=O)(=O)O)(COS(=O)(=O)O)COS(=O)(=O)O.[Au]. The van der Waals surface area contributed by atoms with Gasteiger partial charge in [-0.1, -0.05) is 38.5 Å². The predicted molar refractivity (Wildman–Crippen MR) is 119 cm³/mol. The Hall–Kier alpha value is 0.170. The van der Waals surface area contributed by atoms with Gasteiger partial charge in [-0.3, -0.25) is 18.5 Å². The van der Waals surface area contributed by atoms with Crippen molar-refractivity contribution in [3.8, 4) is 0 Å². The average Bonchev–Trinajstić information content (AvgIpc) is 2.66. The Morgan fingerprint density at radius 3 is 1.32 bits per heavy atom. The molecule has 0 spiro atoms. The second kappa shape index (κ2) is 17.6. The minimum Gasteiger partial charge on any atom is -0.344 e. The number of nitrogens with one attached hydrogen (secondary N) is 1. The van der Waals surface area contributed by atoms with E-state index in [1.165, 1.54) is 0 Å². The Balaban J connectivity index is 0. The van der Waals surface area contributed by atoms with E-state index in [9.17, 15) is 30.0 Å². The molecular weight excluding hydrogens is 727 g/mol. The zero-order valence-corrected chi connectivity index (χ0v) is 23.6. The molecule has 0 aliphatic heterocycles. The van der Waals surface area contributed by atoms with E-state index in [0.717, 1.165) is 44.3 Å².